The van der Waals surface area contributed by atoms with Gasteiger partial charge in [0.1, 0.15) is 0 Å². The minimum absolute atomic E-state index is 0.228. The molecule has 2 amide bonds. The van der Waals surface area contributed by atoms with Gasteiger partial charge in [-0.25, -0.2) is 4.79 Å². The summed E-state index contributed by atoms with van der Waals surface area (Å²) in [5, 5.41) is 5.36. The molecule has 0 unspecified atom stereocenters. The molecule has 5 nitrogen and oxygen atoms in total. The second-order valence-corrected chi connectivity index (χ2v) is 5.03. The van der Waals surface area contributed by atoms with Crippen LogP contribution in [0.4, 0.5) is 10.5 Å². The smallest absolute Gasteiger partial charge is 0.319 e. The summed E-state index contributed by atoms with van der Waals surface area (Å²) in [6.07, 6.45) is 0. The van der Waals surface area contributed by atoms with Crippen LogP contribution < -0.4 is 10.6 Å². The Morgan fingerprint density at radius 2 is 2.11 bits per heavy atom. The van der Waals surface area contributed by atoms with Gasteiger partial charge in [-0.3, -0.25) is 4.79 Å². The Hall–Kier alpha value is -1.56. The Morgan fingerprint density at radius 1 is 1.42 bits per heavy atom. The lowest BCUT2D eigenvalue weighted by atomic mass is 10.2. The van der Waals surface area contributed by atoms with Gasteiger partial charge in [0.15, 0.2) is 0 Å². The molecule has 19 heavy (non-hydrogen) atoms. The SMILES string of the molecule is COC(=O)[C@@H](C)CNC(=O)Nc1cccc(Br)c1C. The number of ether oxygens (including phenoxy) is 1. The van der Waals surface area contributed by atoms with E-state index in [9.17, 15) is 9.59 Å². The molecule has 0 aromatic heterocycles. The van der Waals surface area contributed by atoms with Crippen LogP contribution in [0.5, 0.6) is 0 Å². The third kappa shape index (κ3) is 4.55. The molecule has 0 bridgehead atoms. The number of methoxy groups -OCH3 is 1. The first kappa shape index (κ1) is 15.5. The van der Waals surface area contributed by atoms with E-state index in [-0.39, 0.29) is 24.5 Å². The number of benzene rings is 1. The van der Waals surface area contributed by atoms with Gasteiger partial charge in [-0.15, -0.1) is 0 Å². The number of carbonyl (C=O) groups is 2. The zero-order chi connectivity index (χ0) is 14.4. The Kier molecular flexibility index (Phi) is 5.82. The van der Waals surface area contributed by atoms with Gasteiger partial charge in [0, 0.05) is 16.7 Å². The molecule has 0 aliphatic heterocycles. The number of rotatable bonds is 4. The van der Waals surface area contributed by atoms with Crippen molar-refractivity contribution in [1.29, 1.82) is 0 Å². The van der Waals surface area contributed by atoms with Crippen LogP contribution in [-0.4, -0.2) is 25.7 Å². The van der Waals surface area contributed by atoms with Gasteiger partial charge in [0.25, 0.3) is 0 Å². The zero-order valence-electron chi connectivity index (χ0n) is 11.1. The van der Waals surface area contributed by atoms with Gasteiger partial charge in [-0.2, -0.15) is 0 Å². The van der Waals surface area contributed by atoms with E-state index < -0.39 is 0 Å². The molecular weight excluding hydrogens is 312 g/mol. The second kappa shape index (κ2) is 7.13. The molecule has 2 N–H and O–H groups in total. The fraction of sp³-hybridized carbons (Fsp3) is 0.385. The summed E-state index contributed by atoms with van der Waals surface area (Å²) in [5.41, 5.74) is 1.66. The lowest BCUT2D eigenvalue weighted by Crippen LogP contribution is -2.35. The van der Waals surface area contributed by atoms with Crippen LogP contribution in [0.15, 0.2) is 22.7 Å². The molecule has 0 saturated heterocycles. The molecule has 0 spiro atoms. The fourth-order valence-corrected chi connectivity index (χ4v) is 1.81. The van der Waals surface area contributed by atoms with Gasteiger partial charge in [-0.1, -0.05) is 28.9 Å². The van der Waals surface area contributed by atoms with Gasteiger partial charge in [0.05, 0.1) is 13.0 Å². The highest BCUT2D eigenvalue weighted by atomic mass is 79.9. The number of carbonyl (C=O) groups excluding carboxylic acids is 2. The van der Waals surface area contributed by atoms with Crippen LogP contribution in [0.2, 0.25) is 0 Å². The molecule has 0 fully saturated rings. The van der Waals surface area contributed by atoms with Crippen molar-refractivity contribution in [3.05, 3.63) is 28.2 Å². The lowest BCUT2D eigenvalue weighted by molar-refractivity contribution is -0.144. The van der Waals surface area contributed by atoms with Crippen molar-refractivity contribution in [2.24, 2.45) is 5.92 Å². The molecule has 0 saturated carbocycles. The van der Waals surface area contributed by atoms with E-state index in [0.717, 1.165) is 15.7 Å². The molecule has 0 radical (unpaired) electrons. The minimum atomic E-state index is -0.376. The molecular formula is C13H17BrN2O3. The standard InChI is InChI=1S/C13H17BrN2O3/c1-8(12(17)19-3)7-15-13(18)16-11-6-4-5-10(14)9(11)2/h4-6,8H,7H2,1-3H3,(H2,15,16,18)/t8-/m0/s1. The van der Waals surface area contributed by atoms with Gasteiger partial charge >= 0.3 is 12.0 Å². The lowest BCUT2D eigenvalue weighted by Gasteiger charge is -2.13. The zero-order valence-corrected chi connectivity index (χ0v) is 12.7. The Bertz CT molecular complexity index is 477. The van der Waals surface area contributed by atoms with E-state index in [2.05, 4.69) is 31.3 Å². The van der Waals surface area contributed by atoms with Crippen LogP contribution in [0.25, 0.3) is 0 Å². The van der Waals surface area contributed by atoms with Crippen molar-refractivity contribution in [3.63, 3.8) is 0 Å². The van der Waals surface area contributed by atoms with E-state index in [4.69, 9.17) is 0 Å². The Morgan fingerprint density at radius 3 is 2.74 bits per heavy atom. The minimum Gasteiger partial charge on any atom is -0.469 e. The molecule has 0 aliphatic rings. The molecule has 0 heterocycles. The summed E-state index contributed by atoms with van der Waals surface area (Å²) in [6, 6.07) is 5.20. The van der Waals surface area contributed by atoms with Gasteiger partial charge < -0.3 is 15.4 Å². The summed E-state index contributed by atoms with van der Waals surface area (Å²) in [7, 11) is 1.32. The highest BCUT2D eigenvalue weighted by molar-refractivity contribution is 9.10. The number of hydrogen-bond acceptors (Lipinski definition) is 3. The highest BCUT2D eigenvalue weighted by Crippen LogP contribution is 2.23. The van der Waals surface area contributed by atoms with Crippen molar-refractivity contribution >= 4 is 33.6 Å². The Labute approximate surface area is 120 Å². The molecule has 6 heteroatoms. The maximum atomic E-state index is 11.7. The number of esters is 1. The van der Waals surface area contributed by atoms with E-state index in [0.29, 0.717) is 0 Å². The first-order chi connectivity index (χ1) is 8.95. The highest BCUT2D eigenvalue weighted by Gasteiger charge is 2.14. The summed E-state index contributed by atoms with van der Waals surface area (Å²) >= 11 is 3.39. The number of urea groups is 1. The number of amides is 2. The van der Waals surface area contributed by atoms with Crippen molar-refractivity contribution in [2.75, 3.05) is 19.0 Å². The fourth-order valence-electron chi connectivity index (χ4n) is 1.44. The summed E-state index contributed by atoms with van der Waals surface area (Å²) in [5.74, 6) is -0.724. The van der Waals surface area contributed by atoms with Gasteiger partial charge in [0.2, 0.25) is 0 Å². The maximum absolute atomic E-state index is 11.7. The number of halogens is 1. The largest absolute Gasteiger partial charge is 0.469 e. The number of hydrogen-bond donors (Lipinski definition) is 2. The van der Waals surface area contributed by atoms with Crippen LogP contribution >= 0.6 is 15.9 Å². The first-order valence-electron chi connectivity index (χ1n) is 5.83. The van der Waals surface area contributed by atoms with Crippen LogP contribution in [0.1, 0.15) is 12.5 Å². The van der Waals surface area contributed by atoms with E-state index in [1.165, 1.54) is 7.11 Å². The van der Waals surface area contributed by atoms with Crippen molar-refractivity contribution in [3.8, 4) is 0 Å². The van der Waals surface area contributed by atoms with E-state index >= 15 is 0 Å². The number of nitrogens with one attached hydrogen (secondary N) is 2. The third-order valence-electron chi connectivity index (χ3n) is 2.69. The topological polar surface area (TPSA) is 67.4 Å². The normalized spacial score (nSPS) is 11.6. The van der Waals surface area contributed by atoms with Gasteiger partial charge in [-0.05, 0) is 24.6 Å². The van der Waals surface area contributed by atoms with Crippen LogP contribution in [0.3, 0.4) is 0 Å². The van der Waals surface area contributed by atoms with Crippen molar-refractivity contribution in [1.82, 2.24) is 5.32 Å². The van der Waals surface area contributed by atoms with Crippen LogP contribution in [0, 0.1) is 12.8 Å². The summed E-state index contributed by atoms with van der Waals surface area (Å²) in [4.78, 5) is 22.9. The first-order valence-corrected chi connectivity index (χ1v) is 6.62. The molecule has 1 aromatic carbocycles. The molecule has 1 aromatic rings. The van der Waals surface area contributed by atoms with Crippen LogP contribution in [-0.2, 0) is 9.53 Å². The average Bonchev–Trinajstić information content (AvgIpc) is 2.40. The summed E-state index contributed by atoms with van der Waals surface area (Å²) < 4.78 is 5.50. The van der Waals surface area contributed by atoms with Crippen molar-refractivity contribution < 1.29 is 14.3 Å². The maximum Gasteiger partial charge on any atom is 0.319 e. The molecule has 1 rings (SSSR count). The Balaban J connectivity index is 2.52. The van der Waals surface area contributed by atoms with E-state index in [1.807, 2.05) is 25.1 Å². The predicted octanol–water partition coefficient (Wildman–Crippen LogP) is 2.69. The summed E-state index contributed by atoms with van der Waals surface area (Å²) in [6.45, 7) is 3.82. The molecule has 104 valence electrons. The van der Waals surface area contributed by atoms with E-state index in [1.54, 1.807) is 6.92 Å². The predicted molar refractivity (Wildman–Crippen MR) is 77.1 cm³/mol. The quantitative estimate of drug-likeness (QED) is 0.835. The monoisotopic (exact) mass is 328 g/mol. The third-order valence-corrected chi connectivity index (χ3v) is 3.55. The average molecular weight is 329 g/mol. The second-order valence-electron chi connectivity index (χ2n) is 4.17. The number of anilines is 1. The molecule has 1 atom stereocenters. The molecule has 0 aliphatic carbocycles. The van der Waals surface area contributed by atoms with Crippen molar-refractivity contribution in [2.45, 2.75) is 13.8 Å².